The second kappa shape index (κ2) is 15.9. The Morgan fingerprint density at radius 3 is 2.15 bits per heavy atom. The smallest absolute Gasteiger partial charge is 0.0466 e. The minimum atomic E-state index is 0.259. The Morgan fingerprint density at radius 1 is 1.15 bits per heavy atom. The quantitative estimate of drug-likeness (QED) is 0.539. The van der Waals surface area contributed by atoms with Crippen LogP contribution in [0.5, 0.6) is 0 Å². The van der Waals surface area contributed by atoms with Gasteiger partial charge in [-0.15, -0.1) is 9.24 Å². The van der Waals surface area contributed by atoms with Crippen molar-refractivity contribution in [1.29, 1.82) is 0 Å². The lowest BCUT2D eigenvalue weighted by Crippen LogP contribution is -2.18. The fraction of sp³-hybridized carbons (Fsp3) is 0.333. The van der Waals surface area contributed by atoms with Crippen LogP contribution in [0.1, 0.15) is 39.0 Å². The summed E-state index contributed by atoms with van der Waals surface area (Å²) in [6, 6.07) is 10.3. The van der Waals surface area contributed by atoms with Crippen LogP contribution in [-0.4, -0.2) is 6.54 Å². The minimum absolute atomic E-state index is 0.259. The fourth-order valence-electron chi connectivity index (χ4n) is 1.36. The molecule has 0 saturated heterocycles. The molecule has 0 saturated carbocycles. The molecule has 0 aliphatic rings. The van der Waals surface area contributed by atoms with Gasteiger partial charge < -0.3 is 5.32 Å². The topological polar surface area (TPSA) is 12.0 Å². The van der Waals surface area contributed by atoms with Crippen LogP contribution in [0.2, 0.25) is 0 Å². The van der Waals surface area contributed by atoms with Gasteiger partial charge in [0.15, 0.2) is 0 Å². The van der Waals surface area contributed by atoms with Gasteiger partial charge in [-0.05, 0) is 11.1 Å². The van der Waals surface area contributed by atoms with Gasteiger partial charge in [-0.3, -0.25) is 0 Å². The van der Waals surface area contributed by atoms with E-state index in [1.807, 2.05) is 58.0 Å². The van der Waals surface area contributed by atoms with Gasteiger partial charge in [0.2, 0.25) is 0 Å². The van der Waals surface area contributed by atoms with Crippen molar-refractivity contribution in [2.45, 2.75) is 33.5 Å². The van der Waals surface area contributed by atoms with Crippen molar-refractivity contribution in [1.82, 2.24) is 5.32 Å². The van der Waals surface area contributed by atoms with Gasteiger partial charge in [0, 0.05) is 12.3 Å². The maximum Gasteiger partial charge on any atom is 0.0466 e. The van der Waals surface area contributed by atoms with Crippen LogP contribution in [0.25, 0.3) is 0 Å². The first-order chi connectivity index (χ1) is 9.77. The maximum absolute atomic E-state index is 3.77. The van der Waals surface area contributed by atoms with Crippen LogP contribution in [0, 0.1) is 0 Å². The molecule has 20 heavy (non-hydrogen) atoms. The molecule has 0 heterocycles. The van der Waals surface area contributed by atoms with Gasteiger partial charge >= 0.3 is 0 Å². The van der Waals surface area contributed by atoms with Crippen molar-refractivity contribution in [3.05, 3.63) is 72.9 Å². The number of hydrogen-bond donors (Lipinski definition) is 1. The lowest BCUT2D eigenvalue weighted by atomic mass is 10.2. The lowest BCUT2D eigenvalue weighted by Gasteiger charge is -2.14. The Bertz CT molecular complexity index is 368. The van der Waals surface area contributed by atoms with Crippen molar-refractivity contribution in [2.75, 3.05) is 6.54 Å². The third kappa shape index (κ3) is 9.72. The Kier molecular flexibility index (Phi) is 16.8. The zero-order chi connectivity index (χ0) is 15.8. The van der Waals surface area contributed by atoms with Crippen LogP contribution in [0.4, 0.5) is 0 Å². The number of nitrogens with one attached hydrogen (secondary N) is 1. The molecule has 1 aromatic carbocycles. The molecule has 1 rings (SSSR count). The molecule has 0 bridgehead atoms. The molecule has 2 heteroatoms. The van der Waals surface area contributed by atoms with Gasteiger partial charge in [0.25, 0.3) is 0 Å². The van der Waals surface area contributed by atoms with Gasteiger partial charge in [-0.2, -0.15) is 0 Å². The average Bonchev–Trinajstić information content (AvgIpc) is 2.55. The fourth-order valence-corrected chi connectivity index (χ4v) is 1.70. The number of benzene rings is 1. The summed E-state index contributed by atoms with van der Waals surface area (Å²) in [7, 11) is 2.80. The van der Waals surface area contributed by atoms with E-state index in [0.29, 0.717) is 0 Å². The Balaban J connectivity index is 0. The second-order valence-corrected chi connectivity index (χ2v) is 4.12. The monoisotopic (exact) mass is 291 g/mol. The summed E-state index contributed by atoms with van der Waals surface area (Å²) >= 11 is 0. The molecule has 1 aromatic rings. The standard InChI is InChI=1S/C14H18NP.2C2H6/c1-3-8-12(4-2)11-15-14(16)13-9-6-5-7-10-13;2*1-2/h3-10,14-15H,1-2,11,16H2;2*1-2H3/b12-8+;;. The molecule has 2 atom stereocenters. The van der Waals surface area contributed by atoms with Gasteiger partial charge in [-0.25, -0.2) is 0 Å². The van der Waals surface area contributed by atoms with E-state index < -0.39 is 0 Å². The number of hydrogen-bond acceptors (Lipinski definition) is 1. The highest BCUT2D eigenvalue weighted by Crippen LogP contribution is 2.19. The van der Waals surface area contributed by atoms with Crippen molar-refractivity contribution in [3.8, 4) is 0 Å². The van der Waals surface area contributed by atoms with E-state index in [1.165, 1.54) is 5.56 Å². The highest BCUT2D eigenvalue weighted by molar-refractivity contribution is 7.17. The van der Waals surface area contributed by atoms with Gasteiger partial charge in [0.1, 0.15) is 0 Å². The molecular weight excluding hydrogens is 261 g/mol. The van der Waals surface area contributed by atoms with Crippen molar-refractivity contribution < 1.29 is 0 Å². The van der Waals surface area contributed by atoms with E-state index in [1.54, 1.807) is 6.08 Å². The first-order valence-electron chi connectivity index (χ1n) is 7.26. The van der Waals surface area contributed by atoms with Crippen molar-refractivity contribution in [2.24, 2.45) is 0 Å². The summed E-state index contributed by atoms with van der Waals surface area (Å²) in [6.07, 6.45) is 5.58. The molecule has 0 aromatic heterocycles. The molecule has 112 valence electrons. The van der Waals surface area contributed by atoms with E-state index in [0.717, 1.165) is 12.1 Å². The summed E-state index contributed by atoms with van der Waals surface area (Å²) in [5, 5.41) is 3.41. The molecule has 0 aliphatic heterocycles. The summed E-state index contributed by atoms with van der Waals surface area (Å²) in [6.45, 7) is 16.2. The Morgan fingerprint density at radius 2 is 1.70 bits per heavy atom. The normalized spacial score (nSPS) is 11.2. The van der Waals surface area contributed by atoms with Gasteiger partial charge in [-0.1, -0.05) is 89.4 Å². The molecule has 1 N–H and O–H groups in total. The summed E-state index contributed by atoms with van der Waals surface area (Å²) < 4.78 is 0. The van der Waals surface area contributed by atoms with Crippen molar-refractivity contribution >= 4 is 9.24 Å². The lowest BCUT2D eigenvalue weighted by molar-refractivity contribution is 0.729. The summed E-state index contributed by atoms with van der Waals surface area (Å²) in [5.41, 5.74) is 2.40. The Labute approximate surface area is 128 Å². The highest BCUT2D eigenvalue weighted by atomic mass is 31.0. The van der Waals surface area contributed by atoms with E-state index in [-0.39, 0.29) is 5.78 Å². The summed E-state index contributed by atoms with van der Waals surface area (Å²) in [5.74, 6) is 0.259. The predicted molar refractivity (Wildman–Crippen MR) is 98.1 cm³/mol. The zero-order valence-corrected chi connectivity index (χ0v) is 14.5. The minimum Gasteiger partial charge on any atom is -0.303 e. The van der Waals surface area contributed by atoms with E-state index >= 15 is 0 Å². The Hall–Kier alpha value is -1.17. The number of rotatable bonds is 6. The molecule has 0 spiro atoms. The average molecular weight is 291 g/mol. The van der Waals surface area contributed by atoms with Gasteiger partial charge in [0.05, 0.1) is 0 Å². The molecule has 1 nitrogen and oxygen atoms in total. The molecule has 2 unspecified atom stereocenters. The van der Waals surface area contributed by atoms with Crippen LogP contribution in [-0.2, 0) is 0 Å². The van der Waals surface area contributed by atoms with Crippen LogP contribution in [0.15, 0.2) is 67.3 Å². The highest BCUT2D eigenvalue weighted by Gasteiger charge is 2.03. The molecular formula is C18H30NP. The molecule has 0 aliphatic carbocycles. The first kappa shape index (κ1) is 21.1. The molecule has 0 fully saturated rings. The third-order valence-corrected chi connectivity index (χ3v) is 2.90. The summed E-state index contributed by atoms with van der Waals surface area (Å²) in [4.78, 5) is 0. The zero-order valence-electron chi connectivity index (χ0n) is 13.4. The predicted octanol–water partition coefficient (Wildman–Crippen LogP) is 5.50. The maximum atomic E-state index is 3.77. The van der Waals surface area contributed by atoms with Crippen LogP contribution < -0.4 is 5.32 Å². The largest absolute Gasteiger partial charge is 0.303 e. The van der Waals surface area contributed by atoms with E-state index in [9.17, 15) is 0 Å². The van der Waals surface area contributed by atoms with E-state index in [4.69, 9.17) is 0 Å². The third-order valence-electron chi connectivity index (χ3n) is 2.28. The van der Waals surface area contributed by atoms with Crippen LogP contribution >= 0.6 is 9.24 Å². The van der Waals surface area contributed by atoms with Crippen molar-refractivity contribution in [3.63, 3.8) is 0 Å². The molecule has 0 amide bonds. The van der Waals surface area contributed by atoms with E-state index in [2.05, 4.69) is 39.8 Å². The van der Waals surface area contributed by atoms with Crippen LogP contribution in [0.3, 0.4) is 0 Å². The SMILES string of the molecule is C=C/C=C(\C=C)CNC(P)c1ccccc1.CC.CC. The number of allylic oxidation sites excluding steroid dienone is 2. The second-order valence-electron chi connectivity index (χ2n) is 3.45. The molecule has 0 radical (unpaired) electrons. The first-order valence-corrected chi connectivity index (χ1v) is 7.92.